The van der Waals surface area contributed by atoms with Crippen LogP contribution < -0.4 is 10.1 Å². The third kappa shape index (κ3) is 3.31. The first-order chi connectivity index (χ1) is 10.2. The van der Waals surface area contributed by atoms with E-state index in [2.05, 4.69) is 10.5 Å². The Kier molecular flexibility index (Phi) is 4.77. The number of rotatable bonds is 5. The number of hydrogen-bond donors (Lipinski definition) is 2. The number of amides is 1. The van der Waals surface area contributed by atoms with Crippen molar-refractivity contribution >= 4 is 22.4 Å². The van der Waals surface area contributed by atoms with Crippen LogP contribution in [0.1, 0.15) is 19.4 Å². The van der Waals surface area contributed by atoms with Crippen LogP contribution in [0.3, 0.4) is 0 Å². The standard InChI is InChI=1S/C16H18N2O3/c1-3-17-15(19)10-21-16-13(11(2)18-20)9-8-12-6-4-5-7-14(12)16/h4-9,20H,3,10H2,1-2H3,(H,17,19)/b18-11+. The zero-order valence-electron chi connectivity index (χ0n) is 12.1. The summed E-state index contributed by atoms with van der Waals surface area (Å²) in [6.07, 6.45) is 0. The van der Waals surface area contributed by atoms with E-state index in [9.17, 15) is 4.79 Å². The number of ether oxygens (including phenoxy) is 1. The first-order valence-electron chi connectivity index (χ1n) is 6.77. The Morgan fingerprint density at radius 1 is 1.29 bits per heavy atom. The summed E-state index contributed by atoms with van der Waals surface area (Å²) in [7, 11) is 0. The topological polar surface area (TPSA) is 70.9 Å². The third-order valence-electron chi connectivity index (χ3n) is 3.14. The molecule has 0 aliphatic carbocycles. The molecule has 2 aromatic carbocycles. The van der Waals surface area contributed by atoms with Crippen LogP contribution in [0, 0.1) is 0 Å². The molecule has 110 valence electrons. The molecule has 0 aromatic heterocycles. The van der Waals surface area contributed by atoms with Crippen LogP contribution in [0.15, 0.2) is 41.6 Å². The summed E-state index contributed by atoms with van der Waals surface area (Å²) in [6, 6.07) is 11.5. The minimum Gasteiger partial charge on any atom is -0.482 e. The summed E-state index contributed by atoms with van der Waals surface area (Å²) in [5.74, 6) is 0.365. The number of likely N-dealkylation sites (N-methyl/N-ethyl adjacent to an activating group) is 1. The van der Waals surface area contributed by atoms with Crippen molar-refractivity contribution in [2.24, 2.45) is 5.16 Å². The van der Waals surface area contributed by atoms with Gasteiger partial charge in [0.25, 0.3) is 5.91 Å². The molecule has 0 aliphatic rings. The highest BCUT2D eigenvalue weighted by Crippen LogP contribution is 2.30. The molecule has 0 unspecified atom stereocenters. The summed E-state index contributed by atoms with van der Waals surface area (Å²) in [6.45, 7) is 4.02. The van der Waals surface area contributed by atoms with Crippen LogP contribution in [0.25, 0.3) is 10.8 Å². The molecule has 2 N–H and O–H groups in total. The molecule has 0 bridgehead atoms. The maximum Gasteiger partial charge on any atom is 0.257 e. The Balaban J connectivity index is 2.43. The van der Waals surface area contributed by atoms with Gasteiger partial charge >= 0.3 is 0 Å². The molecule has 0 spiro atoms. The largest absolute Gasteiger partial charge is 0.482 e. The molecule has 0 heterocycles. The van der Waals surface area contributed by atoms with Gasteiger partial charge in [-0.05, 0) is 25.3 Å². The third-order valence-corrected chi connectivity index (χ3v) is 3.14. The predicted molar refractivity (Wildman–Crippen MR) is 82.1 cm³/mol. The van der Waals surface area contributed by atoms with Crippen molar-refractivity contribution in [3.8, 4) is 5.75 Å². The van der Waals surface area contributed by atoms with Gasteiger partial charge in [-0.15, -0.1) is 0 Å². The SMILES string of the molecule is CCNC(=O)COc1c(/C(C)=N/O)ccc2ccccc12. The van der Waals surface area contributed by atoms with Crippen LogP contribution in [-0.2, 0) is 4.79 Å². The zero-order valence-corrected chi connectivity index (χ0v) is 12.1. The Labute approximate surface area is 123 Å². The lowest BCUT2D eigenvalue weighted by Crippen LogP contribution is -2.28. The minimum absolute atomic E-state index is 0.0758. The number of carbonyl (C=O) groups is 1. The van der Waals surface area contributed by atoms with E-state index in [1.807, 2.05) is 43.3 Å². The van der Waals surface area contributed by atoms with Crippen LogP contribution in [0.4, 0.5) is 0 Å². The fraction of sp³-hybridized carbons (Fsp3) is 0.250. The fourth-order valence-corrected chi connectivity index (χ4v) is 2.12. The lowest BCUT2D eigenvalue weighted by molar-refractivity contribution is -0.122. The molecule has 0 aliphatic heterocycles. The van der Waals surface area contributed by atoms with Gasteiger partial charge < -0.3 is 15.3 Å². The highest BCUT2D eigenvalue weighted by atomic mass is 16.5. The van der Waals surface area contributed by atoms with Crippen molar-refractivity contribution in [3.05, 3.63) is 42.0 Å². The summed E-state index contributed by atoms with van der Waals surface area (Å²) in [5.41, 5.74) is 1.10. The first-order valence-corrected chi connectivity index (χ1v) is 6.77. The van der Waals surface area contributed by atoms with Gasteiger partial charge in [0.1, 0.15) is 5.75 Å². The van der Waals surface area contributed by atoms with Gasteiger partial charge in [-0.25, -0.2) is 0 Å². The molecule has 0 saturated heterocycles. The Bertz CT molecular complexity index is 680. The summed E-state index contributed by atoms with van der Waals surface area (Å²) in [4.78, 5) is 11.6. The molecule has 5 nitrogen and oxygen atoms in total. The summed E-state index contributed by atoms with van der Waals surface area (Å²) < 4.78 is 5.68. The fourth-order valence-electron chi connectivity index (χ4n) is 2.12. The number of nitrogens with one attached hydrogen (secondary N) is 1. The molecular weight excluding hydrogens is 268 g/mol. The number of nitrogens with zero attached hydrogens (tertiary/aromatic N) is 1. The van der Waals surface area contributed by atoms with Gasteiger partial charge in [0.15, 0.2) is 6.61 Å². The van der Waals surface area contributed by atoms with E-state index >= 15 is 0 Å². The van der Waals surface area contributed by atoms with Crippen LogP contribution in [0.5, 0.6) is 5.75 Å². The maximum absolute atomic E-state index is 11.6. The smallest absolute Gasteiger partial charge is 0.257 e. The number of hydrogen-bond acceptors (Lipinski definition) is 4. The van der Waals surface area contributed by atoms with E-state index < -0.39 is 0 Å². The number of carbonyl (C=O) groups excluding carboxylic acids is 1. The highest BCUT2D eigenvalue weighted by molar-refractivity contribution is 6.06. The number of benzene rings is 2. The van der Waals surface area contributed by atoms with Gasteiger partial charge in [0.05, 0.1) is 5.71 Å². The van der Waals surface area contributed by atoms with Crippen LogP contribution in [0.2, 0.25) is 0 Å². The second kappa shape index (κ2) is 6.74. The number of oxime groups is 1. The van der Waals surface area contributed by atoms with Gasteiger partial charge in [-0.3, -0.25) is 4.79 Å². The zero-order chi connectivity index (χ0) is 15.2. The Morgan fingerprint density at radius 2 is 2.05 bits per heavy atom. The summed E-state index contributed by atoms with van der Waals surface area (Å²) >= 11 is 0. The van der Waals surface area contributed by atoms with Gasteiger partial charge in [-0.1, -0.05) is 35.5 Å². The van der Waals surface area contributed by atoms with Gasteiger partial charge in [-0.2, -0.15) is 0 Å². The molecule has 0 fully saturated rings. The molecule has 0 saturated carbocycles. The first kappa shape index (κ1) is 14.8. The molecule has 2 aromatic rings. The second-order valence-electron chi connectivity index (χ2n) is 4.59. The molecule has 2 rings (SSSR count). The van der Waals surface area contributed by atoms with Gasteiger partial charge in [0, 0.05) is 17.5 Å². The van der Waals surface area contributed by atoms with E-state index in [1.54, 1.807) is 6.92 Å². The normalized spacial score (nSPS) is 11.4. The van der Waals surface area contributed by atoms with Gasteiger partial charge in [0.2, 0.25) is 0 Å². The lowest BCUT2D eigenvalue weighted by atomic mass is 10.0. The van der Waals surface area contributed by atoms with E-state index in [-0.39, 0.29) is 12.5 Å². The molecule has 21 heavy (non-hydrogen) atoms. The van der Waals surface area contributed by atoms with E-state index in [4.69, 9.17) is 9.94 Å². The molecule has 0 atom stereocenters. The van der Waals surface area contributed by atoms with E-state index in [1.165, 1.54) is 0 Å². The molecular formula is C16H18N2O3. The van der Waals surface area contributed by atoms with Crippen molar-refractivity contribution in [1.82, 2.24) is 5.32 Å². The van der Waals surface area contributed by atoms with Crippen molar-refractivity contribution in [1.29, 1.82) is 0 Å². The van der Waals surface area contributed by atoms with Crippen molar-refractivity contribution in [2.45, 2.75) is 13.8 Å². The number of fused-ring (bicyclic) bond motifs is 1. The van der Waals surface area contributed by atoms with E-state index in [0.29, 0.717) is 23.6 Å². The van der Waals surface area contributed by atoms with Crippen LogP contribution >= 0.6 is 0 Å². The molecule has 5 heteroatoms. The van der Waals surface area contributed by atoms with Crippen molar-refractivity contribution in [2.75, 3.05) is 13.2 Å². The average molecular weight is 286 g/mol. The second-order valence-corrected chi connectivity index (χ2v) is 4.59. The average Bonchev–Trinajstić information content (AvgIpc) is 2.52. The predicted octanol–water partition coefficient (Wildman–Crippen LogP) is 2.55. The minimum atomic E-state index is -0.185. The molecule has 1 amide bonds. The van der Waals surface area contributed by atoms with Crippen molar-refractivity contribution < 1.29 is 14.7 Å². The van der Waals surface area contributed by atoms with Crippen molar-refractivity contribution in [3.63, 3.8) is 0 Å². The summed E-state index contributed by atoms with van der Waals surface area (Å²) in [5, 5.41) is 16.8. The Hall–Kier alpha value is -2.56. The highest BCUT2D eigenvalue weighted by Gasteiger charge is 2.13. The monoisotopic (exact) mass is 286 g/mol. The van der Waals surface area contributed by atoms with E-state index in [0.717, 1.165) is 10.8 Å². The quantitative estimate of drug-likeness (QED) is 0.504. The maximum atomic E-state index is 11.6. The van der Waals surface area contributed by atoms with Crippen LogP contribution in [-0.4, -0.2) is 30.0 Å². The molecule has 0 radical (unpaired) electrons. The lowest BCUT2D eigenvalue weighted by Gasteiger charge is -2.13. The Morgan fingerprint density at radius 3 is 2.76 bits per heavy atom.